The highest BCUT2D eigenvalue weighted by molar-refractivity contribution is 6.31. The molecule has 3 nitrogen and oxygen atoms in total. The van der Waals surface area contributed by atoms with Crippen LogP contribution >= 0.6 is 11.6 Å². The fraction of sp³-hybridized carbons (Fsp3) is 0.250. The summed E-state index contributed by atoms with van der Waals surface area (Å²) in [4.78, 5) is 13.9. The summed E-state index contributed by atoms with van der Waals surface area (Å²) in [5.41, 5.74) is 1.91. The van der Waals surface area contributed by atoms with Crippen LogP contribution in [0.25, 0.3) is 10.9 Å². The number of carboxylic acid groups (broad SMARTS) is 1. The molecule has 16 heavy (non-hydrogen) atoms. The van der Waals surface area contributed by atoms with Gasteiger partial charge in [0.05, 0.1) is 5.92 Å². The van der Waals surface area contributed by atoms with Crippen LogP contribution in [0, 0.1) is 5.92 Å². The number of hydrogen-bond donors (Lipinski definition) is 2. The van der Waals surface area contributed by atoms with Gasteiger partial charge in [-0.05, 0) is 24.3 Å². The molecule has 1 aromatic heterocycles. The number of nitrogens with one attached hydrogen (secondary N) is 1. The van der Waals surface area contributed by atoms with Crippen molar-refractivity contribution in [2.24, 2.45) is 5.92 Å². The van der Waals surface area contributed by atoms with Crippen molar-refractivity contribution in [3.05, 3.63) is 35.0 Å². The van der Waals surface area contributed by atoms with Gasteiger partial charge < -0.3 is 10.1 Å². The lowest BCUT2D eigenvalue weighted by molar-refractivity contribution is -0.141. The first kappa shape index (κ1) is 11.0. The summed E-state index contributed by atoms with van der Waals surface area (Å²) in [6.07, 6.45) is 0.502. The molecule has 1 heterocycles. The Kier molecular flexibility index (Phi) is 2.88. The molecule has 4 heteroatoms. The maximum absolute atomic E-state index is 10.7. The highest BCUT2D eigenvalue weighted by Gasteiger charge is 2.13. The Balaban J connectivity index is 2.29. The first-order chi connectivity index (χ1) is 7.56. The summed E-state index contributed by atoms with van der Waals surface area (Å²) in [6, 6.07) is 7.51. The lowest BCUT2D eigenvalue weighted by Crippen LogP contribution is -2.12. The molecule has 84 valence electrons. The largest absolute Gasteiger partial charge is 0.481 e. The van der Waals surface area contributed by atoms with Gasteiger partial charge in [-0.15, -0.1) is 0 Å². The molecule has 2 aromatic rings. The van der Waals surface area contributed by atoms with Gasteiger partial charge in [0.25, 0.3) is 0 Å². The number of aromatic amines is 1. The number of benzene rings is 1. The molecule has 0 spiro atoms. The highest BCUT2D eigenvalue weighted by Crippen LogP contribution is 2.21. The average Bonchev–Trinajstić information content (AvgIpc) is 2.58. The zero-order chi connectivity index (χ0) is 11.7. The molecule has 0 aliphatic rings. The predicted octanol–water partition coefficient (Wildman–Crippen LogP) is 3.08. The average molecular weight is 238 g/mol. The molecule has 0 aliphatic heterocycles. The third-order valence-electron chi connectivity index (χ3n) is 2.59. The van der Waals surface area contributed by atoms with Gasteiger partial charge in [-0.25, -0.2) is 0 Å². The number of halogens is 1. The van der Waals surface area contributed by atoms with E-state index in [0.29, 0.717) is 11.4 Å². The molecule has 1 aromatic carbocycles. The quantitative estimate of drug-likeness (QED) is 0.862. The van der Waals surface area contributed by atoms with Crippen LogP contribution in [0.5, 0.6) is 0 Å². The van der Waals surface area contributed by atoms with Crippen LogP contribution in [0.1, 0.15) is 12.6 Å². The Labute approximate surface area is 98.0 Å². The van der Waals surface area contributed by atoms with Crippen LogP contribution < -0.4 is 0 Å². The maximum Gasteiger partial charge on any atom is 0.306 e. The number of fused-ring (bicyclic) bond motifs is 1. The second-order valence-electron chi connectivity index (χ2n) is 3.97. The Hall–Kier alpha value is -1.48. The van der Waals surface area contributed by atoms with E-state index in [-0.39, 0.29) is 5.92 Å². The third-order valence-corrected chi connectivity index (χ3v) is 2.82. The van der Waals surface area contributed by atoms with Crippen molar-refractivity contribution in [2.75, 3.05) is 0 Å². The molecule has 0 saturated carbocycles. The minimum atomic E-state index is -0.781. The summed E-state index contributed by atoms with van der Waals surface area (Å²) in [5.74, 6) is -1.17. The second-order valence-corrected chi connectivity index (χ2v) is 4.41. The van der Waals surface area contributed by atoms with Crippen molar-refractivity contribution in [2.45, 2.75) is 13.3 Å². The second kappa shape index (κ2) is 4.18. The molecule has 0 amide bonds. The molecule has 0 radical (unpaired) electrons. The van der Waals surface area contributed by atoms with Gasteiger partial charge in [0.1, 0.15) is 0 Å². The van der Waals surface area contributed by atoms with E-state index in [0.717, 1.165) is 16.6 Å². The Morgan fingerprint density at radius 3 is 2.94 bits per heavy atom. The number of rotatable bonds is 3. The molecule has 2 N–H and O–H groups in total. The standard InChI is InChI=1S/C12H12ClNO2/c1-7(12(15)16)4-10-6-8-5-9(13)2-3-11(8)14-10/h2-3,5-7,14H,4H2,1H3,(H,15,16). The van der Waals surface area contributed by atoms with E-state index in [1.165, 1.54) is 0 Å². The minimum absolute atomic E-state index is 0.386. The van der Waals surface area contributed by atoms with E-state index in [2.05, 4.69) is 4.98 Å². The van der Waals surface area contributed by atoms with Crippen molar-refractivity contribution in [1.82, 2.24) is 4.98 Å². The fourth-order valence-corrected chi connectivity index (χ4v) is 1.87. The molecular formula is C12H12ClNO2. The van der Waals surface area contributed by atoms with E-state index < -0.39 is 5.97 Å². The number of aliphatic carboxylic acids is 1. The Morgan fingerprint density at radius 1 is 1.50 bits per heavy atom. The van der Waals surface area contributed by atoms with Crippen LogP contribution in [-0.4, -0.2) is 16.1 Å². The number of carboxylic acids is 1. The van der Waals surface area contributed by atoms with Crippen molar-refractivity contribution in [3.63, 3.8) is 0 Å². The monoisotopic (exact) mass is 237 g/mol. The number of hydrogen-bond acceptors (Lipinski definition) is 1. The van der Waals surface area contributed by atoms with Gasteiger partial charge in [-0.3, -0.25) is 4.79 Å². The van der Waals surface area contributed by atoms with E-state index in [1.807, 2.05) is 24.3 Å². The molecule has 0 aliphatic carbocycles. The summed E-state index contributed by atoms with van der Waals surface area (Å²) < 4.78 is 0. The first-order valence-corrected chi connectivity index (χ1v) is 5.44. The lowest BCUT2D eigenvalue weighted by atomic mass is 10.1. The van der Waals surface area contributed by atoms with Gasteiger partial charge in [-0.1, -0.05) is 18.5 Å². The van der Waals surface area contributed by atoms with Crippen molar-refractivity contribution >= 4 is 28.5 Å². The fourth-order valence-electron chi connectivity index (χ4n) is 1.69. The van der Waals surface area contributed by atoms with Crippen molar-refractivity contribution < 1.29 is 9.90 Å². The summed E-state index contributed by atoms with van der Waals surface area (Å²) in [5, 5.41) is 10.5. The number of aromatic nitrogens is 1. The van der Waals surface area contributed by atoms with E-state index in [9.17, 15) is 4.79 Å². The summed E-state index contributed by atoms with van der Waals surface area (Å²) in [7, 11) is 0. The van der Waals surface area contributed by atoms with Crippen molar-refractivity contribution in [3.8, 4) is 0 Å². The van der Waals surface area contributed by atoms with Gasteiger partial charge in [0.15, 0.2) is 0 Å². The molecule has 2 rings (SSSR count). The Bertz CT molecular complexity index is 533. The number of H-pyrrole nitrogens is 1. The van der Waals surface area contributed by atoms with Gasteiger partial charge in [-0.2, -0.15) is 0 Å². The Morgan fingerprint density at radius 2 is 2.25 bits per heavy atom. The van der Waals surface area contributed by atoms with Crippen LogP contribution in [0.2, 0.25) is 5.02 Å². The smallest absolute Gasteiger partial charge is 0.306 e. The summed E-state index contributed by atoms with van der Waals surface area (Å²) >= 11 is 5.88. The number of carbonyl (C=O) groups is 1. The zero-order valence-corrected chi connectivity index (χ0v) is 9.58. The first-order valence-electron chi connectivity index (χ1n) is 5.06. The molecular weight excluding hydrogens is 226 g/mol. The zero-order valence-electron chi connectivity index (χ0n) is 8.83. The SMILES string of the molecule is CC(Cc1cc2cc(Cl)ccc2[nH]1)C(=O)O. The molecule has 0 saturated heterocycles. The molecule has 1 atom stereocenters. The molecule has 0 fully saturated rings. The van der Waals surface area contributed by atoms with Gasteiger partial charge >= 0.3 is 5.97 Å². The maximum atomic E-state index is 10.7. The van der Waals surface area contributed by atoms with Gasteiger partial charge in [0, 0.05) is 28.0 Å². The van der Waals surface area contributed by atoms with Gasteiger partial charge in [0.2, 0.25) is 0 Å². The van der Waals surface area contributed by atoms with E-state index >= 15 is 0 Å². The van der Waals surface area contributed by atoms with Crippen LogP contribution in [0.15, 0.2) is 24.3 Å². The van der Waals surface area contributed by atoms with Crippen LogP contribution in [-0.2, 0) is 11.2 Å². The highest BCUT2D eigenvalue weighted by atomic mass is 35.5. The minimum Gasteiger partial charge on any atom is -0.481 e. The van der Waals surface area contributed by atoms with Crippen LogP contribution in [0.4, 0.5) is 0 Å². The van der Waals surface area contributed by atoms with Crippen LogP contribution in [0.3, 0.4) is 0 Å². The predicted molar refractivity (Wildman–Crippen MR) is 63.8 cm³/mol. The van der Waals surface area contributed by atoms with Crippen molar-refractivity contribution in [1.29, 1.82) is 0 Å². The normalized spacial score (nSPS) is 12.9. The van der Waals surface area contributed by atoms with E-state index in [4.69, 9.17) is 16.7 Å². The lowest BCUT2D eigenvalue weighted by Gasteiger charge is -2.02. The summed E-state index contributed by atoms with van der Waals surface area (Å²) in [6.45, 7) is 1.70. The molecule has 0 bridgehead atoms. The van der Waals surface area contributed by atoms with E-state index in [1.54, 1.807) is 6.92 Å². The topological polar surface area (TPSA) is 53.1 Å². The molecule has 1 unspecified atom stereocenters. The third kappa shape index (κ3) is 2.19.